The average molecular weight is 293 g/mol. The first-order valence-corrected chi connectivity index (χ1v) is 6.92. The van der Waals surface area contributed by atoms with Crippen LogP contribution in [0.5, 0.6) is 0 Å². The Morgan fingerprint density at radius 3 is 2.75 bits per heavy atom. The Labute approximate surface area is 120 Å². The molecule has 0 aliphatic rings. The fourth-order valence-electron chi connectivity index (χ4n) is 1.60. The zero-order valence-electron chi connectivity index (χ0n) is 11.5. The summed E-state index contributed by atoms with van der Waals surface area (Å²) in [5.41, 5.74) is 0.309. The largest absolute Gasteiger partial charge is 0.411 e. The number of para-hydroxylation sites is 1. The SMILES string of the molecule is COn1c(SCC(=O)N(C)C)nc2ccccc2c1=O. The highest BCUT2D eigenvalue weighted by molar-refractivity contribution is 7.99. The minimum Gasteiger partial charge on any atom is -0.411 e. The number of nitrogens with zero attached hydrogens (tertiary/aromatic N) is 3. The maximum atomic E-state index is 12.2. The Bertz CT molecular complexity index is 697. The fourth-order valence-corrected chi connectivity index (χ4v) is 2.55. The summed E-state index contributed by atoms with van der Waals surface area (Å²) in [6, 6.07) is 7.04. The maximum absolute atomic E-state index is 12.2. The second-order valence-corrected chi connectivity index (χ2v) is 5.21. The monoisotopic (exact) mass is 293 g/mol. The van der Waals surface area contributed by atoms with Gasteiger partial charge in [-0.15, -0.1) is 4.73 Å². The van der Waals surface area contributed by atoms with Crippen LogP contribution < -0.4 is 10.4 Å². The summed E-state index contributed by atoms with van der Waals surface area (Å²) in [5, 5.41) is 0.851. The Balaban J connectivity index is 2.42. The van der Waals surface area contributed by atoms with Gasteiger partial charge in [0.15, 0.2) is 0 Å². The van der Waals surface area contributed by atoms with Crippen molar-refractivity contribution in [3.05, 3.63) is 34.6 Å². The number of amides is 1. The summed E-state index contributed by atoms with van der Waals surface area (Å²) in [5.74, 6) is 0.140. The molecule has 1 aromatic heterocycles. The lowest BCUT2D eigenvalue weighted by atomic mass is 10.2. The molecule has 1 amide bonds. The van der Waals surface area contributed by atoms with E-state index in [0.717, 1.165) is 4.73 Å². The molecule has 2 rings (SSSR count). The third-order valence-electron chi connectivity index (χ3n) is 2.71. The molecule has 1 heterocycles. The second-order valence-electron chi connectivity index (χ2n) is 4.27. The summed E-state index contributed by atoms with van der Waals surface area (Å²) >= 11 is 1.17. The van der Waals surface area contributed by atoms with Crippen LogP contribution in [-0.4, -0.2) is 47.5 Å². The second kappa shape index (κ2) is 5.96. The van der Waals surface area contributed by atoms with E-state index in [1.807, 2.05) is 6.07 Å². The van der Waals surface area contributed by atoms with Crippen LogP contribution in [0.3, 0.4) is 0 Å². The highest BCUT2D eigenvalue weighted by Gasteiger charge is 2.14. The third kappa shape index (κ3) is 2.77. The van der Waals surface area contributed by atoms with Crippen molar-refractivity contribution in [1.82, 2.24) is 14.6 Å². The molecule has 0 unspecified atom stereocenters. The van der Waals surface area contributed by atoms with Crippen molar-refractivity contribution >= 4 is 28.6 Å². The molecule has 0 bridgehead atoms. The molecule has 0 atom stereocenters. The summed E-state index contributed by atoms with van der Waals surface area (Å²) in [7, 11) is 4.76. The Morgan fingerprint density at radius 2 is 2.10 bits per heavy atom. The van der Waals surface area contributed by atoms with Crippen LogP contribution in [0.4, 0.5) is 0 Å². The topological polar surface area (TPSA) is 64.4 Å². The van der Waals surface area contributed by atoms with Gasteiger partial charge in [0.1, 0.15) is 7.11 Å². The van der Waals surface area contributed by atoms with Gasteiger partial charge in [-0.3, -0.25) is 9.59 Å². The van der Waals surface area contributed by atoms with Gasteiger partial charge < -0.3 is 9.74 Å². The molecule has 0 spiro atoms. The molecule has 2 aromatic rings. The first kappa shape index (κ1) is 14.4. The van der Waals surface area contributed by atoms with Crippen LogP contribution in [0, 0.1) is 0 Å². The Hall–Kier alpha value is -2.02. The number of hydrogen-bond acceptors (Lipinski definition) is 5. The van der Waals surface area contributed by atoms with Crippen LogP contribution in [0.15, 0.2) is 34.2 Å². The van der Waals surface area contributed by atoms with E-state index in [1.165, 1.54) is 23.8 Å². The predicted octanol–water partition coefficient (Wildman–Crippen LogP) is 0.635. The van der Waals surface area contributed by atoms with Crippen LogP contribution in [0.2, 0.25) is 0 Å². The molecule has 0 aliphatic carbocycles. The van der Waals surface area contributed by atoms with Crippen LogP contribution in [-0.2, 0) is 4.79 Å². The molecule has 6 nitrogen and oxygen atoms in total. The smallest absolute Gasteiger partial charge is 0.295 e. The van der Waals surface area contributed by atoms with Gasteiger partial charge in [0.05, 0.1) is 16.7 Å². The molecule has 0 fully saturated rings. The standard InChI is InChI=1S/C13H15N3O3S/c1-15(2)11(17)8-20-13-14-10-7-5-4-6-9(10)12(18)16(13)19-3/h4-7H,8H2,1-3H3. The van der Waals surface area contributed by atoms with Crippen molar-refractivity contribution in [1.29, 1.82) is 0 Å². The molecule has 0 saturated carbocycles. The molecule has 7 heteroatoms. The van der Waals surface area contributed by atoms with E-state index < -0.39 is 0 Å². The molecule has 0 N–H and O–H groups in total. The van der Waals surface area contributed by atoms with Gasteiger partial charge in [0.25, 0.3) is 5.56 Å². The summed E-state index contributed by atoms with van der Waals surface area (Å²) in [4.78, 5) is 34.8. The number of fused-ring (bicyclic) bond motifs is 1. The van der Waals surface area contributed by atoms with Crippen molar-refractivity contribution in [2.24, 2.45) is 0 Å². The molecule has 20 heavy (non-hydrogen) atoms. The number of benzene rings is 1. The summed E-state index contributed by atoms with van der Waals surface area (Å²) < 4.78 is 1.11. The van der Waals surface area contributed by atoms with Gasteiger partial charge in [-0.2, -0.15) is 0 Å². The minimum atomic E-state index is -0.280. The third-order valence-corrected chi connectivity index (χ3v) is 3.62. The Morgan fingerprint density at radius 1 is 1.40 bits per heavy atom. The van der Waals surface area contributed by atoms with Crippen molar-refractivity contribution in [3.63, 3.8) is 0 Å². The van der Waals surface area contributed by atoms with E-state index in [-0.39, 0.29) is 17.2 Å². The van der Waals surface area contributed by atoms with E-state index in [4.69, 9.17) is 4.84 Å². The predicted molar refractivity (Wildman–Crippen MR) is 77.9 cm³/mol. The number of hydrogen-bond donors (Lipinski definition) is 0. The van der Waals surface area contributed by atoms with Crippen LogP contribution >= 0.6 is 11.8 Å². The fraction of sp³-hybridized carbons (Fsp3) is 0.308. The van der Waals surface area contributed by atoms with E-state index in [0.29, 0.717) is 16.1 Å². The van der Waals surface area contributed by atoms with Crippen LogP contribution in [0.1, 0.15) is 0 Å². The highest BCUT2D eigenvalue weighted by atomic mass is 32.2. The van der Waals surface area contributed by atoms with E-state index in [1.54, 1.807) is 32.3 Å². The van der Waals surface area contributed by atoms with E-state index in [9.17, 15) is 9.59 Å². The van der Waals surface area contributed by atoms with E-state index >= 15 is 0 Å². The zero-order valence-corrected chi connectivity index (χ0v) is 12.3. The summed E-state index contributed by atoms with van der Waals surface area (Å²) in [6.07, 6.45) is 0. The maximum Gasteiger partial charge on any atom is 0.295 e. The molecule has 0 radical (unpaired) electrons. The average Bonchev–Trinajstić information content (AvgIpc) is 2.44. The lowest BCUT2D eigenvalue weighted by molar-refractivity contribution is -0.125. The van der Waals surface area contributed by atoms with Gasteiger partial charge >= 0.3 is 0 Å². The number of aromatic nitrogens is 2. The molecule has 106 valence electrons. The summed E-state index contributed by atoms with van der Waals surface area (Å²) in [6.45, 7) is 0. The number of thioether (sulfide) groups is 1. The lowest BCUT2D eigenvalue weighted by Crippen LogP contribution is -2.29. The first-order valence-electron chi connectivity index (χ1n) is 5.94. The van der Waals surface area contributed by atoms with Crippen molar-refractivity contribution in [2.45, 2.75) is 5.16 Å². The van der Waals surface area contributed by atoms with Gasteiger partial charge in [-0.05, 0) is 12.1 Å². The van der Waals surface area contributed by atoms with E-state index in [2.05, 4.69) is 4.98 Å². The van der Waals surface area contributed by atoms with Gasteiger partial charge in [-0.25, -0.2) is 4.98 Å². The highest BCUT2D eigenvalue weighted by Crippen LogP contribution is 2.17. The molecule has 0 aliphatic heterocycles. The number of rotatable bonds is 4. The molecular weight excluding hydrogens is 278 g/mol. The lowest BCUT2D eigenvalue weighted by Gasteiger charge is -2.12. The van der Waals surface area contributed by atoms with Gasteiger partial charge in [-0.1, -0.05) is 23.9 Å². The normalized spacial score (nSPS) is 10.6. The van der Waals surface area contributed by atoms with Crippen molar-refractivity contribution < 1.29 is 9.63 Å². The van der Waals surface area contributed by atoms with Crippen molar-refractivity contribution in [2.75, 3.05) is 27.0 Å². The number of carbonyl (C=O) groups is 1. The quantitative estimate of drug-likeness (QED) is 0.611. The minimum absolute atomic E-state index is 0.0555. The van der Waals surface area contributed by atoms with Gasteiger partial charge in [0.2, 0.25) is 11.1 Å². The zero-order chi connectivity index (χ0) is 14.7. The molecule has 0 saturated heterocycles. The van der Waals surface area contributed by atoms with Gasteiger partial charge in [0, 0.05) is 14.1 Å². The molecular formula is C13H15N3O3S. The Kier molecular flexibility index (Phi) is 4.29. The number of carbonyl (C=O) groups excluding carboxylic acids is 1. The van der Waals surface area contributed by atoms with Crippen LogP contribution in [0.25, 0.3) is 10.9 Å². The first-order chi connectivity index (χ1) is 9.54. The van der Waals surface area contributed by atoms with Crippen molar-refractivity contribution in [3.8, 4) is 0 Å². The molecule has 1 aromatic carbocycles.